The van der Waals surface area contributed by atoms with Gasteiger partial charge in [0.15, 0.2) is 11.3 Å². The zero-order valence-electron chi connectivity index (χ0n) is 29.7. The molecule has 0 bridgehead atoms. The molecule has 5 heterocycles. The van der Waals surface area contributed by atoms with Crippen molar-refractivity contribution in [1.29, 1.82) is 0 Å². The highest BCUT2D eigenvalue weighted by atomic mass is 16.1. The van der Waals surface area contributed by atoms with Crippen molar-refractivity contribution >= 4 is 33.4 Å². The van der Waals surface area contributed by atoms with Gasteiger partial charge >= 0.3 is 5.69 Å². The number of imidazole rings is 3. The molecule has 5 aromatic heterocycles. The standard InChI is InChI=1S/C13H18N2.C12H17N3O.C12H17N3/c1-9(2)11-5-6-12-13(7-11)15(8-14-12)10(3)4;1-7(2)9-5-10-11(13-6-9)14-12(16)15(10)8(3)4;1-8(2)10-5-6-11-12(14-10)15(7-13-11)9(3)4/h5-10H,1-4H3;5-8H,1-4H3,(H,13,14,16);5-9H,1-4H3. The molecular weight excluding hydrogens is 572 g/mol. The molecule has 246 valence electrons. The zero-order chi connectivity index (χ0) is 33.9. The van der Waals surface area contributed by atoms with E-state index in [0.717, 1.165) is 33.5 Å². The van der Waals surface area contributed by atoms with Crippen molar-refractivity contribution in [2.45, 2.75) is 119 Å². The Kier molecular flexibility index (Phi) is 10.9. The summed E-state index contributed by atoms with van der Waals surface area (Å²) < 4.78 is 6.08. The van der Waals surface area contributed by atoms with Crippen molar-refractivity contribution in [2.24, 2.45) is 0 Å². The lowest BCUT2D eigenvalue weighted by molar-refractivity contribution is 0.597. The molecule has 1 N–H and O–H groups in total. The fraction of sp³-hybridized carbons (Fsp3) is 0.486. The molecule has 0 aliphatic carbocycles. The van der Waals surface area contributed by atoms with Crippen LogP contribution >= 0.6 is 0 Å². The van der Waals surface area contributed by atoms with Gasteiger partial charge in [-0.3, -0.25) is 9.55 Å². The maximum Gasteiger partial charge on any atom is 0.327 e. The lowest BCUT2D eigenvalue weighted by atomic mass is 10.0. The third kappa shape index (κ3) is 7.57. The highest BCUT2D eigenvalue weighted by Crippen LogP contribution is 2.23. The van der Waals surface area contributed by atoms with E-state index in [1.54, 1.807) is 4.57 Å². The number of hydrogen-bond acceptors (Lipinski definition) is 5. The summed E-state index contributed by atoms with van der Waals surface area (Å²) in [5.41, 5.74) is 9.46. The van der Waals surface area contributed by atoms with Crippen molar-refractivity contribution in [3.63, 3.8) is 0 Å². The Labute approximate surface area is 273 Å². The van der Waals surface area contributed by atoms with E-state index < -0.39 is 0 Å². The number of rotatable bonds is 6. The number of hydrogen-bond donors (Lipinski definition) is 1. The normalized spacial score (nSPS) is 11.9. The number of fused-ring (bicyclic) bond motifs is 3. The fourth-order valence-corrected chi connectivity index (χ4v) is 5.29. The molecule has 0 radical (unpaired) electrons. The molecule has 9 nitrogen and oxygen atoms in total. The van der Waals surface area contributed by atoms with Crippen molar-refractivity contribution < 1.29 is 0 Å². The molecular formula is C37H52N8O. The summed E-state index contributed by atoms with van der Waals surface area (Å²) in [5.74, 6) is 1.46. The van der Waals surface area contributed by atoms with E-state index in [1.807, 2.05) is 38.8 Å². The van der Waals surface area contributed by atoms with Crippen LogP contribution in [0.25, 0.3) is 33.4 Å². The van der Waals surface area contributed by atoms with E-state index in [1.165, 1.54) is 11.1 Å². The molecule has 0 aliphatic rings. The van der Waals surface area contributed by atoms with Crippen molar-refractivity contribution in [2.75, 3.05) is 0 Å². The second-order valence-electron chi connectivity index (χ2n) is 13.8. The first-order valence-electron chi connectivity index (χ1n) is 16.6. The second-order valence-corrected chi connectivity index (χ2v) is 13.8. The molecule has 9 heteroatoms. The van der Waals surface area contributed by atoms with Gasteiger partial charge in [-0.2, -0.15) is 0 Å². The van der Waals surface area contributed by atoms with Crippen LogP contribution in [-0.2, 0) is 0 Å². The first-order valence-corrected chi connectivity index (χ1v) is 16.6. The summed E-state index contributed by atoms with van der Waals surface area (Å²) in [6.07, 6.45) is 5.62. The van der Waals surface area contributed by atoms with E-state index in [0.29, 0.717) is 35.5 Å². The molecule has 0 atom stereocenters. The van der Waals surface area contributed by atoms with E-state index in [2.05, 4.69) is 134 Å². The van der Waals surface area contributed by atoms with E-state index in [4.69, 9.17) is 0 Å². The largest absolute Gasteiger partial charge is 0.328 e. The summed E-state index contributed by atoms with van der Waals surface area (Å²) >= 11 is 0. The molecule has 46 heavy (non-hydrogen) atoms. The maximum absolute atomic E-state index is 11.7. The van der Waals surface area contributed by atoms with Crippen LogP contribution in [-0.4, -0.2) is 38.6 Å². The van der Waals surface area contributed by atoms with Crippen LogP contribution in [0.4, 0.5) is 0 Å². The SMILES string of the molecule is CC(C)c1ccc2ncn(C(C)C)c2c1.CC(C)c1ccc2ncn(C(C)C)c2n1.CC(C)c1cnc2[nH]c(=O)n(C(C)C)c2c1. The third-order valence-electron chi connectivity index (χ3n) is 8.19. The first-order chi connectivity index (χ1) is 21.7. The average Bonchev–Trinajstić information content (AvgIpc) is 3.70. The fourth-order valence-electron chi connectivity index (χ4n) is 5.29. The summed E-state index contributed by atoms with van der Waals surface area (Å²) in [6.45, 7) is 25.6. The van der Waals surface area contributed by atoms with E-state index in [9.17, 15) is 4.79 Å². The zero-order valence-corrected chi connectivity index (χ0v) is 29.7. The van der Waals surface area contributed by atoms with Crippen LogP contribution in [0.1, 0.15) is 136 Å². The molecule has 0 saturated heterocycles. The lowest BCUT2D eigenvalue weighted by Crippen LogP contribution is -2.18. The van der Waals surface area contributed by atoms with Crippen LogP contribution in [0.3, 0.4) is 0 Å². The maximum atomic E-state index is 11.7. The van der Waals surface area contributed by atoms with Gasteiger partial charge in [-0.25, -0.2) is 24.7 Å². The van der Waals surface area contributed by atoms with Crippen LogP contribution in [0.2, 0.25) is 0 Å². The Bertz CT molecular complexity index is 1860. The minimum absolute atomic E-state index is 0.0848. The van der Waals surface area contributed by atoms with E-state index >= 15 is 0 Å². The van der Waals surface area contributed by atoms with E-state index in [-0.39, 0.29) is 11.7 Å². The Morgan fingerprint density at radius 3 is 1.78 bits per heavy atom. The predicted molar refractivity (Wildman–Crippen MR) is 191 cm³/mol. The van der Waals surface area contributed by atoms with Crippen LogP contribution in [0, 0.1) is 0 Å². The van der Waals surface area contributed by atoms with Gasteiger partial charge in [-0.15, -0.1) is 0 Å². The van der Waals surface area contributed by atoms with Crippen molar-refractivity contribution in [1.82, 2.24) is 38.6 Å². The van der Waals surface area contributed by atoms with Crippen molar-refractivity contribution in [3.05, 3.63) is 82.6 Å². The summed E-state index contributed by atoms with van der Waals surface area (Å²) in [4.78, 5) is 32.2. The molecule has 1 aromatic carbocycles. The number of aromatic amines is 1. The first kappa shape index (κ1) is 34.6. The minimum Gasteiger partial charge on any atom is -0.328 e. The number of H-pyrrole nitrogens is 1. The average molecular weight is 625 g/mol. The quantitative estimate of drug-likeness (QED) is 0.199. The Hall–Kier alpha value is -4.27. The van der Waals surface area contributed by atoms with Gasteiger partial charge in [-0.1, -0.05) is 47.6 Å². The Balaban J connectivity index is 0.000000157. The predicted octanol–water partition coefficient (Wildman–Crippen LogP) is 9.31. The molecule has 0 saturated carbocycles. The Morgan fingerprint density at radius 2 is 1.20 bits per heavy atom. The molecule has 0 unspecified atom stereocenters. The monoisotopic (exact) mass is 624 g/mol. The highest BCUT2D eigenvalue weighted by molar-refractivity contribution is 5.76. The van der Waals surface area contributed by atoms with Gasteiger partial charge < -0.3 is 9.13 Å². The van der Waals surface area contributed by atoms with Crippen LogP contribution in [0.5, 0.6) is 0 Å². The van der Waals surface area contributed by atoms with Crippen LogP contribution < -0.4 is 5.69 Å². The number of aromatic nitrogens is 8. The molecule has 0 aliphatic heterocycles. The Morgan fingerprint density at radius 1 is 0.609 bits per heavy atom. The summed E-state index contributed by atoms with van der Waals surface area (Å²) in [6, 6.07) is 13.7. The minimum atomic E-state index is -0.0848. The lowest BCUT2D eigenvalue weighted by Gasteiger charge is -2.10. The second kappa shape index (κ2) is 14.4. The smallest absolute Gasteiger partial charge is 0.327 e. The van der Waals surface area contributed by atoms with Crippen LogP contribution in [0.15, 0.2) is 60.0 Å². The van der Waals surface area contributed by atoms with Gasteiger partial charge in [0, 0.05) is 30.0 Å². The van der Waals surface area contributed by atoms with Gasteiger partial charge in [0.2, 0.25) is 0 Å². The molecule has 0 fully saturated rings. The van der Waals surface area contributed by atoms with Gasteiger partial charge in [0.1, 0.15) is 5.52 Å². The topological polar surface area (TPSA) is 99.2 Å². The summed E-state index contributed by atoms with van der Waals surface area (Å²) in [5, 5.41) is 0. The van der Waals surface area contributed by atoms with Crippen molar-refractivity contribution in [3.8, 4) is 0 Å². The number of nitrogens with one attached hydrogen (secondary N) is 1. The molecule has 6 rings (SSSR count). The van der Waals surface area contributed by atoms with Gasteiger partial charge in [0.05, 0.1) is 29.2 Å². The highest BCUT2D eigenvalue weighted by Gasteiger charge is 2.12. The summed E-state index contributed by atoms with van der Waals surface area (Å²) in [7, 11) is 0. The molecule has 0 amide bonds. The third-order valence-corrected chi connectivity index (χ3v) is 8.19. The van der Waals surface area contributed by atoms with Gasteiger partial charge in [-0.05, 0) is 101 Å². The number of pyridine rings is 2. The number of nitrogens with zero attached hydrogens (tertiary/aromatic N) is 7. The molecule has 6 aromatic rings. The molecule has 0 spiro atoms. The van der Waals surface area contributed by atoms with Gasteiger partial charge in [0.25, 0.3) is 0 Å². The number of benzene rings is 1.